The van der Waals surface area contributed by atoms with Crippen molar-refractivity contribution in [2.24, 2.45) is 11.0 Å². The molecule has 1 aromatic heterocycles. The smallest absolute Gasteiger partial charge is 0.216 e. The quantitative estimate of drug-likeness (QED) is 0.524. The number of aromatic nitrogens is 3. The minimum atomic E-state index is 0.516. The van der Waals surface area contributed by atoms with Gasteiger partial charge < -0.3 is 9.47 Å². The van der Waals surface area contributed by atoms with Crippen LogP contribution in [-0.4, -0.2) is 34.8 Å². The van der Waals surface area contributed by atoms with E-state index < -0.39 is 0 Å². The van der Waals surface area contributed by atoms with E-state index in [4.69, 9.17) is 21.7 Å². The summed E-state index contributed by atoms with van der Waals surface area (Å²) in [6.07, 6.45) is 10.6. The van der Waals surface area contributed by atoms with Crippen LogP contribution in [0.3, 0.4) is 0 Å². The second kappa shape index (κ2) is 9.69. The number of nitrogens with one attached hydrogen (secondary N) is 1. The zero-order valence-electron chi connectivity index (χ0n) is 16.1. The maximum absolute atomic E-state index is 5.55. The predicted octanol–water partition coefficient (Wildman–Crippen LogP) is 4.74. The molecule has 2 aromatic rings. The number of aryl methyl sites for hydroxylation is 1. The predicted molar refractivity (Wildman–Crippen MR) is 109 cm³/mol. The molecule has 7 heteroatoms. The average Bonchev–Trinajstić information content (AvgIpc) is 3.06. The Kier molecular flexibility index (Phi) is 7.04. The van der Waals surface area contributed by atoms with Crippen molar-refractivity contribution in [3.63, 3.8) is 0 Å². The molecule has 1 N–H and O–H groups in total. The van der Waals surface area contributed by atoms with Crippen LogP contribution in [0, 0.1) is 10.7 Å². The molecule has 0 radical (unpaired) electrons. The molecule has 1 fully saturated rings. The van der Waals surface area contributed by atoms with Crippen molar-refractivity contribution in [2.75, 3.05) is 13.7 Å². The van der Waals surface area contributed by atoms with Crippen LogP contribution in [0.15, 0.2) is 23.3 Å². The number of methoxy groups -OCH3 is 1. The van der Waals surface area contributed by atoms with Crippen molar-refractivity contribution in [3.05, 3.63) is 34.4 Å². The van der Waals surface area contributed by atoms with Gasteiger partial charge in [-0.05, 0) is 55.2 Å². The lowest BCUT2D eigenvalue weighted by Crippen LogP contribution is -2.09. The van der Waals surface area contributed by atoms with Gasteiger partial charge in [-0.15, -0.1) is 0 Å². The Hall–Kier alpha value is -2.15. The van der Waals surface area contributed by atoms with Gasteiger partial charge in [-0.25, -0.2) is 0 Å². The second-order valence-electron chi connectivity index (χ2n) is 6.89. The third-order valence-electron chi connectivity index (χ3n) is 5.03. The molecular formula is C20H28N4O2S. The van der Waals surface area contributed by atoms with E-state index in [1.54, 1.807) is 18.0 Å². The Morgan fingerprint density at radius 1 is 1.30 bits per heavy atom. The highest BCUT2D eigenvalue weighted by molar-refractivity contribution is 7.71. The maximum Gasteiger partial charge on any atom is 0.216 e. The molecule has 1 aromatic carbocycles. The summed E-state index contributed by atoms with van der Waals surface area (Å²) in [5.74, 6) is 3.11. The van der Waals surface area contributed by atoms with Gasteiger partial charge in [0.05, 0.1) is 19.9 Å². The number of nitrogens with zero attached hydrogens (tertiary/aromatic N) is 3. The largest absolute Gasteiger partial charge is 0.493 e. The zero-order valence-corrected chi connectivity index (χ0v) is 16.9. The third-order valence-corrected chi connectivity index (χ3v) is 5.29. The highest BCUT2D eigenvalue weighted by Gasteiger charge is 2.15. The molecule has 146 valence electrons. The Morgan fingerprint density at radius 2 is 2.11 bits per heavy atom. The molecule has 27 heavy (non-hydrogen) atoms. The zero-order chi connectivity index (χ0) is 19.1. The summed E-state index contributed by atoms with van der Waals surface area (Å²) in [5, 5.41) is 11.8. The SMILES string of the molecule is CCOc1ccc(/C=N\n2c(CCC3CCCCC3)n[nH]c2=S)cc1OC. The van der Waals surface area contributed by atoms with Crippen LogP contribution in [-0.2, 0) is 6.42 Å². The number of benzene rings is 1. The number of rotatable bonds is 8. The standard InChI is InChI=1S/C20H28N4O2S/c1-3-26-17-11-9-16(13-18(17)25-2)14-21-24-19(22-23-20(24)27)12-10-15-7-5-4-6-8-15/h9,11,13-15H,3-8,10,12H2,1-2H3,(H,23,27)/b21-14-. The highest BCUT2D eigenvalue weighted by Crippen LogP contribution is 2.28. The van der Waals surface area contributed by atoms with E-state index >= 15 is 0 Å². The van der Waals surface area contributed by atoms with Gasteiger partial charge in [-0.3, -0.25) is 5.10 Å². The molecule has 1 saturated carbocycles. The van der Waals surface area contributed by atoms with Crippen molar-refractivity contribution in [2.45, 2.75) is 51.9 Å². The Bertz CT molecular complexity index is 822. The number of hydrogen-bond donors (Lipinski definition) is 1. The first-order valence-electron chi connectivity index (χ1n) is 9.72. The van der Waals surface area contributed by atoms with Crippen LogP contribution in [0.25, 0.3) is 0 Å². The first-order valence-corrected chi connectivity index (χ1v) is 10.1. The van der Waals surface area contributed by atoms with E-state index in [9.17, 15) is 0 Å². The molecule has 0 unspecified atom stereocenters. The Balaban J connectivity index is 1.71. The van der Waals surface area contributed by atoms with Gasteiger partial charge in [-0.2, -0.15) is 14.9 Å². The molecule has 0 spiro atoms. The lowest BCUT2D eigenvalue weighted by atomic mass is 9.86. The van der Waals surface area contributed by atoms with E-state index in [1.165, 1.54) is 32.1 Å². The van der Waals surface area contributed by atoms with Gasteiger partial charge in [0, 0.05) is 6.42 Å². The van der Waals surface area contributed by atoms with Crippen LogP contribution in [0.4, 0.5) is 0 Å². The fourth-order valence-electron chi connectivity index (χ4n) is 3.58. The molecule has 1 aliphatic carbocycles. The molecule has 0 aliphatic heterocycles. The summed E-state index contributed by atoms with van der Waals surface area (Å²) in [6.45, 7) is 2.54. The second-order valence-corrected chi connectivity index (χ2v) is 7.27. The van der Waals surface area contributed by atoms with Gasteiger partial charge in [0.2, 0.25) is 4.77 Å². The monoisotopic (exact) mass is 388 g/mol. The lowest BCUT2D eigenvalue weighted by molar-refractivity contribution is 0.311. The van der Waals surface area contributed by atoms with Crippen LogP contribution in [0.1, 0.15) is 56.8 Å². The maximum atomic E-state index is 5.55. The summed E-state index contributed by atoms with van der Waals surface area (Å²) in [6, 6.07) is 5.74. The molecule has 3 rings (SSSR count). The van der Waals surface area contributed by atoms with Crippen LogP contribution in [0.2, 0.25) is 0 Å². The normalized spacial score (nSPS) is 15.3. The van der Waals surface area contributed by atoms with E-state index in [-0.39, 0.29) is 0 Å². The molecular weight excluding hydrogens is 360 g/mol. The molecule has 1 heterocycles. The van der Waals surface area contributed by atoms with Crippen molar-refractivity contribution in [1.82, 2.24) is 14.9 Å². The van der Waals surface area contributed by atoms with Crippen LogP contribution >= 0.6 is 12.2 Å². The van der Waals surface area contributed by atoms with Crippen molar-refractivity contribution in [1.29, 1.82) is 0 Å². The number of ether oxygens (including phenoxy) is 2. The third kappa shape index (κ3) is 5.19. The summed E-state index contributed by atoms with van der Waals surface area (Å²) in [7, 11) is 1.63. The van der Waals surface area contributed by atoms with Crippen molar-refractivity contribution in [3.8, 4) is 11.5 Å². The summed E-state index contributed by atoms with van der Waals surface area (Å²) >= 11 is 5.35. The number of H-pyrrole nitrogens is 1. The van der Waals surface area contributed by atoms with E-state index in [0.717, 1.165) is 35.9 Å². The number of hydrogen-bond acceptors (Lipinski definition) is 5. The van der Waals surface area contributed by atoms with E-state index in [1.807, 2.05) is 25.1 Å². The highest BCUT2D eigenvalue weighted by atomic mass is 32.1. The van der Waals surface area contributed by atoms with Crippen LogP contribution < -0.4 is 9.47 Å². The minimum absolute atomic E-state index is 0.516. The van der Waals surface area contributed by atoms with Crippen molar-refractivity contribution >= 4 is 18.4 Å². The molecule has 0 amide bonds. The molecule has 0 atom stereocenters. The minimum Gasteiger partial charge on any atom is -0.493 e. The molecule has 0 saturated heterocycles. The van der Waals surface area contributed by atoms with Gasteiger partial charge >= 0.3 is 0 Å². The molecule has 1 aliphatic rings. The lowest BCUT2D eigenvalue weighted by Gasteiger charge is -2.20. The summed E-state index contributed by atoms with van der Waals surface area (Å²) < 4.78 is 13.2. The van der Waals surface area contributed by atoms with E-state index in [2.05, 4.69) is 15.3 Å². The van der Waals surface area contributed by atoms with Gasteiger partial charge in [0.25, 0.3) is 0 Å². The Morgan fingerprint density at radius 3 is 2.85 bits per heavy atom. The summed E-state index contributed by atoms with van der Waals surface area (Å²) in [5.41, 5.74) is 0.914. The summed E-state index contributed by atoms with van der Waals surface area (Å²) in [4.78, 5) is 0. The van der Waals surface area contributed by atoms with Crippen LogP contribution in [0.5, 0.6) is 11.5 Å². The average molecular weight is 389 g/mol. The first kappa shape index (κ1) is 19.6. The van der Waals surface area contributed by atoms with Gasteiger partial charge in [0.1, 0.15) is 0 Å². The Labute approximate surface area is 165 Å². The van der Waals surface area contributed by atoms with Gasteiger partial charge in [-0.1, -0.05) is 32.1 Å². The molecule has 0 bridgehead atoms. The first-order chi connectivity index (χ1) is 13.2. The topological polar surface area (TPSA) is 64.4 Å². The fraction of sp³-hybridized carbons (Fsp3) is 0.550. The van der Waals surface area contributed by atoms with Gasteiger partial charge in [0.15, 0.2) is 17.3 Å². The number of aromatic amines is 1. The van der Waals surface area contributed by atoms with Crippen molar-refractivity contribution < 1.29 is 9.47 Å². The fourth-order valence-corrected chi connectivity index (χ4v) is 3.78. The van der Waals surface area contributed by atoms with E-state index in [0.29, 0.717) is 17.1 Å². The molecule has 6 nitrogen and oxygen atoms in total.